The summed E-state index contributed by atoms with van der Waals surface area (Å²) in [6, 6.07) is 16.9. The highest BCUT2D eigenvalue weighted by molar-refractivity contribution is 5.72. The molecule has 3 rings (SSSR count). The molecule has 2 aromatic carbocycles. The van der Waals surface area contributed by atoms with E-state index in [-0.39, 0.29) is 17.6 Å². The Morgan fingerprint density at radius 3 is 2.43 bits per heavy atom. The lowest BCUT2D eigenvalue weighted by Crippen LogP contribution is -2.46. The molecule has 1 amide bonds. The Morgan fingerprint density at radius 2 is 1.73 bits per heavy atom. The Labute approximate surface area is 223 Å². The van der Waals surface area contributed by atoms with E-state index in [1.165, 1.54) is 5.69 Å². The van der Waals surface area contributed by atoms with Crippen LogP contribution in [0.25, 0.3) is 0 Å². The van der Waals surface area contributed by atoms with Gasteiger partial charge in [-0.3, -0.25) is 9.69 Å². The second kappa shape index (κ2) is 15.5. The Bertz CT molecular complexity index is 930. The van der Waals surface area contributed by atoms with Crippen LogP contribution in [0.3, 0.4) is 0 Å². The molecule has 0 aromatic heterocycles. The highest BCUT2D eigenvalue weighted by Crippen LogP contribution is 2.38. The van der Waals surface area contributed by atoms with Gasteiger partial charge >= 0.3 is 0 Å². The van der Waals surface area contributed by atoms with Crippen molar-refractivity contribution >= 4 is 11.6 Å². The molecule has 3 N–H and O–H groups in total. The van der Waals surface area contributed by atoms with E-state index in [9.17, 15) is 9.90 Å². The van der Waals surface area contributed by atoms with Crippen LogP contribution in [0.15, 0.2) is 48.5 Å². The normalized spacial score (nSPS) is 15.1. The van der Waals surface area contributed by atoms with Gasteiger partial charge in [0.1, 0.15) is 0 Å². The van der Waals surface area contributed by atoms with Crippen molar-refractivity contribution < 1.29 is 14.6 Å². The van der Waals surface area contributed by atoms with Crippen LogP contribution in [0.4, 0.5) is 5.69 Å². The number of rotatable bonds is 15. The number of anilines is 1. The van der Waals surface area contributed by atoms with E-state index >= 15 is 0 Å². The second-order valence-electron chi connectivity index (χ2n) is 10.3. The molecule has 1 atom stereocenters. The van der Waals surface area contributed by atoms with Crippen molar-refractivity contribution in [1.82, 2.24) is 15.5 Å². The smallest absolute Gasteiger partial charge is 0.216 e. The lowest BCUT2D eigenvalue weighted by molar-refractivity contribution is -0.118. The first-order chi connectivity index (χ1) is 17.9. The van der Waals surface area contributed by atoms with Crippen molar-refractivity contribution in [3.05, 3.63) is 54.1 Å². The number of aromatic hydroxyl groups is 1. The monoisotopic (exact) mass is 510 g/mol. The van der Waals surface area contributed by atoms with E-state index in [2.05, 4.69) is 64.6 Å². The Morgan fingerprint density at radius 1 is 0.973 bits per heavy atom. The number of hydrogen-bond donors (Lipinski definition) is 3. The fourth-order valence-corrected chi connectivity index (χ4v) is 4.91. The molecule has 7 heteroatoms. The third-order valence-electron chi connectivity index (χ3n) is 6.99. The Hall–Kier alpha value is -2.77. The molecule has 0 radical (unpaired) electrons. The number of nitrogens with one attached hydrogen (secondary N) is 2. The molecular weight excluding hydrogens is 464 g/mol. The van der Waals surface area contributed by atoms with Gasteiger partial charge in [-0.05, 0) is 62.9 Å². The molecule has 7 nitrogen and oxygen atoms in total. The third-order valence-corrected chi connectivity index (χ3v) is 6.99. The average molecular weight is 511 g/mol. The fourth-order valence-electron chi connectivity index (χ4n) is 4.91. The number of amides is 1. The summed E-state index contributed by atoms with van der Waals surface area (Å²) in [4.78, 5) is 16.3. The summed E-state index contributed by atoms with van der Waals surface area (Å²) in [7, 11) is 0. The van der Waals surface area contributed by atoms with Gasteiger partial charge in [0.25, 0.3) is 0 Å². The van der Waals surface area contributed by atoms with E-state index in [1.54, 1.807) is 6.92 Å². The molecule has 1 aliphatic rings. The molecule has 1 heterocycles. The van der Waals surface area contributed by atoms with Gasteiger partial charge in [0.05, 0.1) is 6.61 Å². The number of ether oxygens (including phenoxy) is 1. The van der Waals surface area contributed by atoms with Gasteiger partial charge in [-0.2, -0.15) is 0 Å². The van der Waals surface area contributed by atoms with Crippen LogP contribution < -0.4 is 20.3 Å². The van der Waals surface area contributed by atoms with Gasteiger partial charge in [0.2, 0.25) is 5.91 Å². The molecule has 0 bridgehead atoms. The molecule has 0 aliphatic carbocycles. The van der Waals surface area contributed by atoms with E-state index in [1.807, 2.05) is 18.2 Å². The predicted octanol–water partition coefficient (Wildman–Crippen LogP) is 4.37. The van der Waals surface area contributed by atoms with E-state index in [4.69, 9.17) is 4.74 Å². The van der Waals surface area contributed by atoms with Crippen molar-refractivity contribution in [3.8, 4) is 11.5 Å². The van der Waals surface area contributed by atoms with Crippen LogP contribution in [0, 0.1) is 0 Å². The molecular formula is C30H46N4O3. The van der Waals surface area contributed by atoms with Crippen molar-refractivity contribution in [3.63, 3.8) is 0 Å². The summed E-state index contributed by atoms with van der Waals surface area (Å²) < 4.78 is 5.95. The van der Waals surface area contributed by atoms with Crippen LogP contribution in [-0.2, 0) is 4.79 Å². The van der Waals surface area contributed by atoms with Crippen LogP contribution in [0.5, 0.6) is 11.5 Å². The first-order valence-corrected chi connectivity index (χ1v) is 13.9. The molecule has 0 unspecified atom stereocenters. The molecule has 0 saturated carbocycles. The lowest BCUT2D eigenvalue weighted by Gasteiger charge is -2.36. The summed E-state index contributed by atoms with van der Waals surface area (Å²) in [5.41, 5.74) is 2.24. The Kier molecular flexibility index (Phi) is 12.0. The highest BCUT2D eigenvalue weighted by atomic mass is 16.5. The molecule has 1 fully saturated rings. The van der Waals surface area contributed by atoms with E-state index in [0.29, 0.717) is 24.9 Å². The predicted molar refractivity (Wildman–Crippen MR) is 152 cm³/mol. The maximum absolute atomic E-state index is 11.3. The first kappa shape index (κ1) is 28.8. The van der Waals surface area contributed by atoms with Crippen molar-refractivity contribution in [2.45, 2.75) is 58.4 Å². The zero-order chi connectivity index (χ0) is 26.5. The van der Waals surface area contributed by atoms with Gasteiger partial charge in [-0.25, -0.2) is 0 Å². The lowest BCUT2D eigenvalue weighted by atomic mass is 9.89. The van der Waals surface area contributed by atoms with Crippen LogP contribution >= 0.6 is 0 Å². The van der Waals surface area contributed by atoms with Crippen molar-refractivity contribution in [1.29, 1.82) is 0 Å². The number of hydrogen-bond acceptors (Lipinski definition) is 6. The van der Waals surface area contributed by atoms with Crippen molar-refractivity contribution in [2.75, 3.05) is 57.3 Å². The molecule has 37 heavy (non-hydrogen) atoms. The van der Waals surface area contributed by atoms with Gasteiger partial charge in [0, 0.05) is 56.9 Å². The van der Waals surface area contributed by atoms with E-state index < -0.39 is 0 Å². The van der Waals surface area contributed by atoms with Gasteiger partial charge < -0.3 is 25.4 Å². The molecule has 204 valence electrons. The second-order valence-corrected chi connectivity index (χ2v) is 10.3. The highest BCUT2D eigenvalue weighted by Gasteiger charge is 2.22. The minimum absolute atomic E-state index is 0.00182. The topological polar surface area (TPSA) is 77.1 Å². The summed E-state index contributed by atoms with van der Waals surface area (Å²) in [6.07, 6.45) is 3.62. The summed E-state index contributed by atoms with van der Waals surface area (Å²) in [5, 5.41) is 17.4. The van der Waals surface area contributed by atoms with E-state index in [0.717, 1.165) is 70.5 Å². The summed E-state index contributed by atoms with van der Waals surface area (Å²) in [6.45, 7) is 13.0. The van der Waals surface area contributed by atoms with Crippen LogP contribution in [0.2, 0.25) is 0 Å². The first-order valence-electron chi connectivity index (χ1n) is 13.9. The molecule has 1 aliphatic heterocycles. The molecule has 1 saturated heterocycles. The van der Waals surface area contributed by atoms with Crippen LogP contribution in [-0.4, -0.2) is 74.4 Å². The fraction of sp³-hybridized carbons (Fsp3) is 0.567. The number of carbonyl (C=O) groups excluding carboxylic acids is 1. The number of piperazine rings is 1. The number of nitrogens with zero attached hydrogens (tertiary/aromatic N) is 2. The number of benzene rings is 2. The van der Waals surface area contributed by atoms with Gasteiger partial charge in [-0.1, -0.05) is 44.2 Å². The SMILES string of the molecule is CC(=O)NCCC[C@@H](CCN1CCN(c2ccccc2)CC1)c1cccc(OCCCNC(C)C)c1O. The van der Waals surface area contributed by atoms with Gasteiger partial charge in [-0.15, -0.1) is 0 Å². The summed E-state index contributed by atoms with van der Waals surface area (Å²) in [5.74, 6) is 1.02. The van der Waals surface area contributed by atoms with Gasteiger partial charge in [0.15, 0.2) is 11.5 Å². The standard InChI is InChI=1S/C30H46N4O3/c1-24(2)31-17-9-23-37-29-14-7-13-28(30(29)36)26(10-8-16-32-25(3)35)15-18-33-19-21-34(22-20-33)27-11-5-4-6-12-27/h4-7,11-14,24,26,31,36H,8-10,15-23H2,1-3H3,(H,32,35)/t26-/m0/s1. The maximum atomic E-state index is 11.3. The summed E-state index contributed by atoms with van der Waals surface area (Å²) >= 11 is 0. The largest absolute Gasteiger partial charge is 0.504 e. The minimum Gasteiger partial charge on any atom is -0.504 e. The third kappa shape index (κ3) is 9.90. The zero-order valence-corrected chi connectivity index (χ0v) is 22.9. The number of phenolic OH excluding ortho intramolecular Hbond substituents is 1. The minimum atomic E-state index is -0.00182. The quantitative estimate of drug-likeness (QED) is 0.309. The van der Waals surface area contributed by atoms with Crippen molar-refractivity contribution in [2.24, 2.45) is 0 Å². The number of carbonyl (C=O) groups is 1. The molecule has 2 aromatic rings. The number of para-hydroxylation sites is 2. The van der Waals surface area contributed by atoms with Crippen LogP contribution in [0.1, 0.15) is 57.9 Å². The molecule has 0 spiro atoms. The zero-order valence-electron chi connectivity index (χ0n) is 22.9. The maximum Gasteiger partial charge on any atom is 0.216 e. The Balaban J connectivity index is 1.57. The number of phenols is 1. The average Bonchev–Trinajstić information content (AvgIpc) is 2.90.